The van der Waals surface area contributed by atoms with Crippen LogP contribution < -0.4 is 4.74 Å². The van der Waals surface area contributed by atoms with Gasteiger partial charge in [0.1, 0.15) is 11.6 Å². The quantitative estimate of drug-likeness (QED) is 0.791. The van der Waals surface area contributed by atoms with Gasteiger partial charge in [-0.25, -0.2) is 4.39 Å². The topological polar surface area (TPSA) is 29.5 Å². The van der Waals surface area contributed by atoms with Gasteiger partial charge in [0.2, 0.25) is 5.91 Å². The van der Waals surface area contributed by atoms with Gasteiger partial charge in [-0.3, -0.25) is 4.79 Å². The van der Waals surface area contributed by atoms with Crippen molar-refractivity contribution >= 4 is 5.91 Å². The molecule has 0 aromatic heterocycles. The molecule has 19 heavy (non-hydrogen) atoms. The van der Waals surface area contributed by atoms with Gasteiger partial charge in [0.15, 0.2) is 0 Å². The number of ether oxygens (including phenoxy) is 1. The molecule has 1 fully saturated rings. The zero-order valence-electron chi connectivity index (χ0n) is 11.4. The first-order valence-electron chi connectivity index (χ1n) is 6.72. The summed E-state index contributed by atoms with van der Waals surface area (Å²) in [7, 11) is 1.85. The third kappa shape index (κ3) is 3.94. The number of carbonyl (C=O) groups is 1. The van der Waals surface area contributed by atoms with Crippen LogP contribution in [0.5, 0.6) is 5.75 Å². The minimum atomic E-state index is -0.290. The van der Waals surface area contributed by atoms with Crippen LogP contribution in [-0.4, -0.2) is 30.5 Å². The first kappa shape index (κ1) is 13.8. The fourth-order valence-corrected chi connectivity index (χ4v) is 2.09. The molecule has 1 aromatic rings. The summed E-state index contributed by atoms with van der Waals surface area (Å²) >= 11 is 0. The highest BCUT2D eigenvalue weighted by atomic mass is 19.1. The summed E-state index contributed by atoms with van der Waals surface area (Å²) < 4.78 is 18.1. The fraction of sp³-hybridized carbons (Fsp3) is 0.533. The monoisotopic (exact) mass is 265 g/mol. The maximum absolute atomic E-state index is 12.7. The normalized spacial score (nSPS) is 15.9. The molecule has 0 aliphatic heterocycles. The standard InChI is InChI=1S/C15H20FNO2/c1-11(12-3-4-12)17(2)15(18)9-10-19-14-7-5-13(16)6-8-14/h5-8,11-12H,3-4,9-10H2,1-2H3. The van der Waals surface area contributed by atoms with E-state index >= 15 is 0 Å². The van der Waals surface area contributed by atoms with Gasteiger partial charge in [-0.2, -0.15) is 0 Å². The Labute approximate surface area is 113 Å². The van der Waals surface area contributed by atoms with Crippen molar-refractivity contribution < 1.29 is 13.9 Å². The highest BCUT2D eigenvalue weighted by molar-refractivity contribution is 5.76. The van der Waals surface area contributed by atoms with Gasteiger partial charge in [-0.05, 0) is 49.9 Å². The molecular formula is C15H20FNO2. The molecule has 0 bridgehead atoms. The Morgan fingerprint density at radius 2 is 2.05 bits per heavy atom. The summed E-state index contributed by atoms with van der Waals surface area (Å²) in [6.45, 7) is 2.42. The minimum absolute atomic E-state index is 0.0986. The van der Waals surface area contributed by atoms with E-state index in [1.54, 1.807) is 12.1 Å². The lowest BCUT2D eigenvalue weighted by Crippen LogP contribution is -2.37. The number of hydrogen-bond donors (Lipinski definition) is 0. The summed E-state index contributed by atoms with van der Waals surface area (Å²) in [5.41, 5.74) is 0. The molecule has 1 saturated carbocycles. The number of hydrogen-bond acceptors (Lipinski definition) is 2. The van der Waals surface area contributed by atoms with Crippen LogP contribution in [0, 0.1) is 11.7 Å². The second kappa shape index (κ2) is 6.04. The van der Waals surface area contributed by atoms with Crippen molar-refractivity contribution in [2.45, 2.75) is 32.2 Å². The first-order chi connectivity index (χ1) is 9.08. The van der Waals surface area contributed by atoms with Crippen molar-refractivity contribution in [3.63, 3.8) is 0 Å². The third-order valence-corrected chi connectivity index (χ3v) is 3.71. The van der Waals surface area contributed by atoms with Crippen LogP contribution in [0.25, 0.3) is 0 Å². The van der Waals surface area contributed by atoms with Gasteiger partial charge in [-0.15, -0.1) is 0 Å². The van der Waals surface area contributed by atoms with Crippen LogP contribution >= 0.6 is 0 Å². The second-order valence-corrected chi connectivity index (χ2v) is 5.14. The minimum Gasteiger partial charge on any atom is -0.493 e. The smallest absolute Gasteiger partial charge is 0.225 e. The molecule has 1 unspecified atom stereocenters. The zero-order valence-corrected chi connectivity index (χ0v) is 11.4. The Bertz CT molecular complexity index is 428. The Morgan fingerprint density at radius 3 is 2.63 bits per heavy atom. The highest BCUT2D eigenvalue weighted by Gasteiger charge is 2.32. The van der Waals surface area contributed by atoms with Crippen molar-refractivity contribution in [2.24, 2.45) is 5.92 Å². The lowest BCUT2D eigenvalue weighted by atomic mass is 10.2. The van der Waals surface area contributed by atoms with E-state index in [0.717, 1.165) is 0 Å². The van der Waals surface area contributed by atoms with E-state index in [9.17, 15) is 9.18 Å². The van der Waals surface area contributed by atoms with Gasteiger partial charge in [-0.1, -0.05) is 0 Å². The molecule has 1 amide bonds. The molecule has 2 rings (SSSR count). The summed E-state index contributed by atoms with van der Waals surface area (Å²) in [6, 6.07) is 6.14. The molecule has 3 nitrogen and oxygen atoms in total. The molecule has 1 aliphatic rings. The van der Waals surface area contributed by atoms with Gasteiger partial charge in [0.25, 0.3) is 0 Å². The number of benzene rings is 1. The molecule has 1 atom stereocenters. The molecule has 1 aliphatic carbocycles. The molecule has 0 radical (unpaired) electrons. The molecular weight excluding hydrogens is 245 g/mol. The predicted molar refractivity (Wildman–Crippen MR) is 71.5 cm³/mol. The average molecular weight is 265 g/mol. The van der Waals surface area contributed by atoms with Crippen molar-refractivity contribution in [1.82, 2.24) is 4.90 Å². The average Bonchev–Trinajstić information content (AvgIpc) is 3.23. The Balaban J connectivity index is 1.72. The Hall–Kier alpha value is -1.58. The number of nitrogens with zero attached hydrogens (tertiary/aromatic N) is 1. The van der Waals surface area contributed by atoms with Crippen LogP contribution in [0.1, 0.15) is 26.2 Å². The second-order valence-electron chi connectivity index (χ2n) is 5.14. The van der Waals surface area contributed by atoms with E-state index in [0.29, 0.717) is 30.7 Å². The van der Waals surface area contributed by atoms with E-state index in [1.165, 1.54) is 25.0 Å². The van der Waals surface area contributed by atoms with Crippen molar-refractivity contribution in [1.29, 1.82) is 0 Å². The van der Waals surface area contributed by atoms with E-state index in [1.807, 2.05) is 11.9 Å². The molecule has 0 spiro atoms. The van der Waals surface area contributed by atoms with Gasteiger partial charge in [0, 0.05) is 13.1 Å². The molecule has 0 heterocycles. The highest BCUT2D eigenvalue weighted by Crippen LogP contribution is 2.34. The third-order valence-electron chi connectivity index (χ3n) is 3.71. The van der Waals surface area contributed by atoms with Crippen LogP contribution in [0.4, 0.5) is 4.39 Å². The van der Waals surface area contributed by atoms with Crippen LogP contribution in [-0.2, 0) is 4.79 Å². The van der Waals surface area contributed by atoms with Gasteiger partial charge >= 0.3 is 0 Å². The molecule has 1 aromatic carbocycles. The summed E-state index contributed by atoms with van der Waals surface area (Å²) in [4.78, 5) is 13.8. The Morgan fingerprint density at radius 1 is 1.42 bits per heavy atom. The summed E-state index contributed by atoms with van der Waals surface area (Å²) in [5.74, 6) is 1.07. The van der Waals surface area contributed by atoms with E-state index < -0.39 is 0 Å². The number of carbonyl (C=O) groups excluding carboxylic acids is 1. The number of amides is 1. The van der Waals surface area contributed by atoms with E-state index in [2.05, 4.69) is 6.92 Å². The van der Waals surface area contributed by atoms with Gasteiger partial charge in [0.05, 0.1) is 13.0 Å². The van der Waals surface area contributed by atoms with Crippen molar-refractivity contribution in [3.05, 3.63) is 30.1 Å². The largest absolute Gasteiger partial charge is 0.493 e. The first-order valence-corrected chi connectivity index (χ1v) is 6.72. The number of rotatable bonds is 6. The number of halogens is 1. The Kier molecular flexibility index (Phi) is 4.40. The van der Waals surface area contributed by atoms with Crippen LogP contribution in [0.2, 0.25) is 0 Å². The van der Waals surface area contributed by atoms with E-state index in [-0.39, 0.29) is 11.7 Å². The maximum atomic E-state index is 12.7. The van der Waals surface area contributed by atoms with Crippen LogP contribution in [0.3, 0.4) is 0 Å². The van der Waals surface area contributed by atoms with E-state index in [4.69, 9.17) is 4.74 Å². The molecule has 4 heteroatoms. The van der Waals surface area contributed by atoms with Crippen molar-refractivity contribution in [3.8, 4) is 5.75 Å². The van der Waals surface area contributed by atoms with Crippen molar-refractivity contribution in [2.75, 3.05) is 13.7 Å². The predicted octanol–water partition coefficient (Wildman–Crippen LogP) is 2.85. The lowest BCUT2D eigenvalue weighted by Gasteiger charge is -2.24. The summed E-state index contributed by atoms with van der Waals surface area (Å²) in [6.07, 6.45) is 2.81. The maximum Gasteiger partial charge on any atom is 0.225 e. The summed E-state index contributed by atoms with van der Waals surface area (Å²) in [5, 5.41) is 0. The molecule has 0 saturated heterocycles. The SMILES string of the molecule is CC(C1CC1)N(C)C(=O)CCOc1ccc(F)cc1. The molecule has 104 valence electrons. The van der Waals surface area contributed by atoms with Crippen LogP contribution in [0.15, 0.2) is 24.3 Å². The van der Waals surface area contributed by atoms with Gasteiger partial charge < -0.3 is 9.64 Å². The zero-order chi connectivity index (χ0) is 13.8. The lowest BCUT2D eigenvalue weighted by molar-refractivity contribution is -0.132. The fourth-order valence-electron chi connectivity index (χ4n) is 2.09. The molecule has 0 N–H and O–H groups in total.